The molecule has 1 saturated heterocycles. The van der Waals surface area contributed by atoms with E-state index in [9.17, 15) is 23.1 Å². The number of ether oxygens (including phenoxy) is 2. The fourth-order valence-electron chi connectivity index (χ4n) is 8.16. The highest BCUT2D eigenvalue weighted by Gasteiger charge is 2.73. The molecular formula is C34H37F3N2O4. The average molecular weight is 595 g/mol. The summed E-state index contributed by atoms with van der Waals surface area (Å²) in [4.78, 5) is 17.9. The lowest BCUT2D eigenvalue weighted by Gasteiger charge is -2.64. The first kappa shape index (κ1) is 29.6. The zero-order chi connectivity index (χ0) is 30.7. The Morgan fingerprint density at radius 1 is 1.26 bits per heavy atom. The van der Waals surface area contributed by atoms with Crippen molar-refractivity contribution in [2.75, 3.05) is 26.7 Å². The summed E-state index contributed by atoms with van der Waals surface area (Å²) in [6, 6.07) is 7.99. The van der Waals surface area contributed by atoms with Crippen LogP contribution in [0.5, 0.6) is 11.5 Å². The number of nitrogens with zero attached hydrogens (tertiary/aromatic N) is 2. The minimum absolute atomic E-state index is 0.119. The maximum Gasteiger partial charge on any atom is 0.416 e. The molecule has 228 valence electrons. The minimum atomic E-state index is -4.44. The van der Waals surface area contributed by atoms with Gasteiger partial charge in [0.05, 0.1) is 29.7 Å². The summed E-state index contributed by atoms with van der Waals surface area (Å²) in [5, 5.41) is 12.7. The monoisotopic (exact) mass is 594 g/mol. The fourth-order valence-corrected chi connectivity index (χ4v) is 8.16. The Labute approximate surface area is 250 Å². The Hall–Kier alpha value is -3.48. The van der Waals surface area contributed by atoms with E-state index in [0.717, 1.165) is 29.8 Å². The van der Waals surface area contributed by atoms with E-state index in [1.807, 2.05) is 26.0 Å². The van der Waals surface area contributed by atoms with Gasteiger partial charge in [-0.2, -0.15) is 13.2 Å². The van der Waals surface area contributed by atoms with Crippen molar-refractivity contribution >= 4 is 5.91 Å². The zero-order valence-electron chi connectivity index (χ0n) is 24.7. The molecule has 6 rings (SSSR count). The Morgan fingerprint density at radius 2 is 2.00 bits per heavy atom. The van der Waals surface area contributed by atoms with E-state index in [1.165, 1.54) is 12.1 Å². The van der Waals surface area contributed by atoms with Gasteiger partial charge in [0.25, 0.3) is 5.91 Å². The van der Waals surface area contributed by atoms with Crippen molar-refractivity contribution in [3.63, 3.8) is 0 Å². The van der Waals surface area contributed by atoms with E-state index in [4.69, 9.17) is 9.47 Å². The van der Waals surface area contributed by atoms with Crippen LogP contribution in [0.15, 0.2) is 49.1 Å². The van der Waals surface area contributed by atoms with Crippen molar-refractivity contribution in [1.29, 1.82) is 0 Å². The lowest BCUT2D eigenvalue weighted by Crippen LogP contribution is -2.78. The molecule has 2 aromatic rings. The van der Waals surface area contributed by atoms with Gasteiger partial charge < -0.3 is 19.5 Å². The van der Waals surface area contributed by atoms with Gasteiger partial charge in [0, 0.05) is 36.2 Å². The Kier molecular flexibility index (Phi) is 7.29. The standard InChI is InChI=1S/C34H37F3N2O4/c1-5-17-38-18-16-32-29-23-9-12-26(42-4)30(29)43-31(32)25(14-15-33(32,41)27(38)19-23)39(20-21(2)3)28(40)13-8-22-6-10-24(11-7-22)34(35,36)37/h5-7,9-12,21,25,27,31,41H,1,14-20H2,2-4H3/t25-,27+,31-,32-,33+/m0/s1. The summed E-state index contributed by atoms with van der Waals surface area (Å²) in [5.41, 5.74) is -0.106. The molecule has 1 N–H and O–H groups in total. The van der Waals surface area contributed by atoms with Gasteiger partial charge in [-0.25, -0.2) is 0 Å². The number of alkyl halides is 3. The van der Waals surface area contributed by atoms with E-state index in [-0.39, 0.29) is 18.0 Å². The first-order chi connectivity index (χ1) is 20.4. The third-order valence-electron chi connectivity index (χ3n) is 9.86. The molecule has 43 heavy (non-hydrogen) atoms. The van der Waals surface area contributed by atoms with Crippen LogP contribution < -0.4 is 9.47 Å². The number of piperidine rings is 1. The molecule has 0 unspecified atom stereocenters. The molecule has 2 aromatic carbocycles. The highest BCUT2D eigenvalue weighted by molar-refractivity contribution is 5.94. The lowest BCUT2D eigenvalue weighted by atomic mass is 9.48. The number of benzene rings is 2. The van der Waals surface area contributed by atoms with E-state index >= 15 is 0 Å². The van der Waals surface area contributed by atoms with Gasteiger partial charge >= 0.3 is 6.18 Å². The predicted octanol–water partition coefficient (Wildman–Crippen LogP) is 4.96. The van der Waals surface area contributed by atoms with Gasteiger partial charge in [0.1, 0.15) is 6.10 Å². The summed E-state index contributed by atoms with van der Waals surface area (Å²) in [5.74, 6) is 6.45. The van der Waals surface area contributed by atoms with Gasteiger partial charge in [0.15, 0.2) is 11.5 Å². The normalized spacial score (nSPS) is 28.8. The largest absolute Gasteiger partial charge is 0.493 e. The molecule has 2 heterocycles. The number of amides is 1. The lowest BCUT2D eigenvalue weighted by molar-refractivity contribution is -0.199. The van der Waals surface area contributed by atoms with E-state index in [0.29, 0.717) is 55.8 Å². The summed E-state index contributed by atoms with van der Waals surface area (Å²) in [7, 11) is 1.61. The number of rotatable bonds is 6. The zero-order valence-corrected chi connectivity index (χ0v) is 24.7. The van der Waals surface area contributed by atoms with Crippen molar-refractivity contribution in [2.45, 2.75) is 74.9 Å². The molecule has 1 spiro atoms. The first-order valence-electron chi connectivity index (χ1n) is 14.9. The molecule has 9 heteroatoms. The van der Waals surface area contributed by atoms with Gasteiger partial charge in [-0.1, -0.05) is 31.9 Å². The quantitative estimate of drug-likeness (QED) is 0.379. The molecule has 0 radical (unpaired) electrons. The number of carbonyl (C=O) groups excluding carboxylic acids is 1. The highest BCUT2D eigenvalue weighted by Crippen LogP contribution is 2.66. The molecule has 4 aliphatic rings. The number of methoxy groups -OCH3 is 1. The highest BCUT2D eigenvalue weighted by atomic mass is 19.4. The first-order valence-corrected chi connectivity index (χ1v) is 14.9. The molecule has 6 nitrogen and oxygen atoms in total. The van der Waals surface area contributed by atoms with E-state index in [2.05, 4.69) is 29.4 Å². The molecule has 2 fully saturated rings. The van der Waals surface area contributed by atoms with Crippen LogP contribution in [0.2, 0.25) is 0 Å². The predicted molar refractivity (Wildman–Crippen MR) is 156 cm³/mol. The third-order valence-corrected chi connectivity index (χ3v) is 9.86. The van der Waals surface area contributed by atoms with Gasteiger partial charge in [-0.3, -0.25) is 9.69 Å². The molecule has 2 bridgehead atoms. The average Bonchev–Trinajstić information content (AvgIpc) is 3.31. The van der Waals surface area contributed by atoms with Crippen molar-refractivity contribution < 1.29 is 32.5 Å². The third kappa shape index (κ3) is 4.53. The van der Waals surface area contributed by atoms with Crippen molar-refractivity contribution in [2.24, 2.45) is 5.92 Å². The van der Waals surface area contributed by atoms with Crippen molar-refractivity contribution in [3.05, 3.63) is 71.3 Å². The maximum absolute atomic E-state index is 13.8. The van der Waals surface area contributed by atoms with Crippen LogP contribution in [0, 0.1) is 17.8 Å². The molecule has 5 atom stereocenters. The second kappa shape index (κ2) is 10.6. The summed E-state index contributed by atoms with van der Waals surface area (Å²) < 4.78 is 51.6. The van der Waals surface area contributed by atoms with Crippen LogP contribution in [-0.2, 0) is 22.8 Å². The van der Waals surface area contributed by atoms with Gasteiger partial charge in [-0.05, 0) is 74.0 Å². The number of halogens is 3. The Balaban J connectivity index is 1.40. The summed E-state index contributed by atoms with van der Waals surface area (Å²) in [6.45, 7) is 9.85. The van der Waals surface area contributed by atoms with Crippen molar-refractivity contribution in [3.8, 4) is 23.3 Å². The topological polar surface area (TPSA) is 62.2 Å². The fraction of sp³-hybridized carbons (Fsp3) is 0.500. The maximum atomic E-state index is 13.8. The van der Waals surface area contributed by atoms with E-state index in [1.54, 1.807) is 12.0 Å². The number of aliphatic hydroxyl groups is 1. The van der Waals surface area contributed by atoms with Crippen LogP contribution in [-0.4, -0.2) is 71.3 Å². The molecule has 1 saturated carbocycles. The molecule has 1 amide bonds. The molecule has 2 aliphatic heterocycles. The number of hydrogen-bond acceptors (Lipinski definition) is 5. The Morgan fingerprint density at radius 3 is 2.65 bits per heavy atom. The summed E-state index contributed by atoms with van der Waals surface area (Å²) >= 11 is 0. The van der Waals surface area contributed by atoms with Crippen LogP contribution in [0.1, 0.15) is 55.4 Å². The molecule has 2 aliphatic carbocycles. The number of carbonyl (C=O) groups is 1. The van der Waals surface area contributed by atoms with Crippen LogP contribution in [0.25, 0.3) is 0 Å². The SMILES string of the molecule is C=CCN1CC[C@]23c4c5ccc(OC)c4O[C@H]2[C@@H](N(CC(C)C)C(=O)C#Cc2ccc(C(F)(F)F)cc2)CC[C@@]3(O)[C@H]1C5. The number of hydrogen-bond donors (Lipinski definition) is 1. The van der Waals surface area contributed by atoms with Gasteiger partial charge in [0.2, 0.25) is 0 Å². The van der Waals surface area contributed by atoms with Crippen LogP contribution in [0.3, 0.4) is 0 Å². The van der Waals surface area contributed by atoms with Crippen molar-refractivity contribution in [1.82, 2.24) is 9.80 Å². The Bertz CT molecular complexity index is 1490. The molecule has 0 aromatic heterocycles. The summed E-state index contributed by atoms with van der Waals surface area (Å²) in [6.07, 6.45) is -0.730. The van der Waals surface area contributed by atoms with Crippen LogP contribution >= 0.6 is 0 Å². The minimum Gasteiger partial charge on any atom is -0.493 e. The number of likely N-dealkylation sites (tertiary alicyclic amines) is 1. The second-order valence-corrected chi connectivity index (χ2v) is 12.6. The smallest absolute Gasteiger partial charge is 0.416 e. The van der Waals surface area contributed by atoms with Crippen LogP contribution in [0.4, 0.5) is 13.2 Å². The van der Waals surface area contributed by atoms with E-state index < -0.39 is 34.8 Å². The van der Waals surface area contributed by atoms with Gasteiger partial charge in [-0.15, -0.1) is 6.58 Å². The molecular weight excluding hydrogens is 557 g/mol. The second-order valence-electron chi connectivity index (χ2n) is 12.6.